The molecule has 0 bridgehead atoms. The van der Waals surface area contributed by atoms with Gasteiger partial charge in [0, 0.05) is 19.3 Å². The summed E-state index contributed by atoms with van der Waals surface area (Å²) in [7, 11) is 1.63. The number of amides is 2. The lowest BCUT2D eigenvalue weighted by Crippen LogP contribution is -2.30. The Hall–Kier alpha value is -2.87. The first-order valence-corrected chi connectivity index (χ1v) is 6.35. The van der Waals surface area contributed by atoms with Crippen molar-refractivity contribution in [2.45, 2.75) is 6.54 Å². The SMILES string of the molecule is CN(Cc1cccc(C#N)c1)C(=O)Nc1cccc(F)c1. The van der Waals surface area contributed by atoms with Gasteiger partial charge in [0.25, 0.3) is 0 Å². The lowest BCUT2D eigenvalue weighted by Gasteiger charge is -2.18. The number of hydrogen-bond donors (Lipinski definition) is 1. The molecular weight excluding hydrogens is 269 g/mol. The second kappa shape index (κ2) is 6.53. The maximum absolute atomic E-state index is 13.1. The van der Waals surface area contributed by atoms with Gasteiger partial charge in [0.15, 0.2) is 0 Å². The van der Waals surface area contributed by atoms with Crippen LogP contribution in [-0.2, 0) is 6.54 Å². The summed E-state index contributed by atoms with van der Waals surface area (Å²) in [6, 6.07) is 14.5. The summed E-state index contributed by atoms with van der Waals surface area (Å²) in [4.78, 5) is 13.5. The summed E-state index contributed by atoms with van der Waals surface area (Å²) in [6.07, 6.45) is 0. The van der Waals surface area contributed by atoms with E-state index in [-0.39, 0.29) is 6.03 Å². The lowest BCUT2D eigenvalue weighted by molar-refractivity contribution is 0.220. The third kappa shape index (κ3) is 4.05. The molecule has 0 aliphatic rings. The van der Waals surface area contributed by atoms with Gasteiger partial charge in [-0.3, -0.25) is 0 Å². The highest BCUT2D eigenvalue weighted by Gasteiger charge is 2.10. The van der Waals surface area contributed by atoms with E-state index >= 15 is 0 Å². The fraction of sp³-hybridized carbons (Fsp3) is 0.125. The predicted octanol–water partition coefficient (Wildman–Crippen LogP) is 3.36. The smallest absolute Gasteiger partial charge is 0.321 e. The average Bonchev–Trinajstić information content (AvgIpc) is 2.47. The van der Waals surface area contributed by atoms with Crippen molar-refractivity contribution in [3.63, 3.8) is 0 Å². The number of anilines is 1. The van der Waals surface area contributed by atoms with Gasteiger partial charge < -0.3 is 10.2 Å². The molecule has 0 unspecified atom stereocenters. The monoisotopic (exact) mass is 283 g/mol. The van der Waals surface area contributed by atoms with E-state index in [1.165, 1.54) is 23.1 Å². The van der Waals surface area contributed by atoms with Crippen LogP contribution >= 0.6 is 0 Å². The first kappa shape index (κ1) is 14.5. The number of nitrogens with one attached hydrogen (secondary N) is 1. The minimum absolute atomic E-state index is 0.344. The standard InChI is InChI=1S/C16H14FN3O/c1-20(11-13-5-2-4-12(8-13)10-18)16(21)19-15-7-3-6-14(17)9-15/h2-9H,11H2,1H3,(H,19,21). The van der Waals surface area contributed by atoms with Crippen LogP contribution in [0.2, 0.25) is 0 Å². The van der Waals surface area contributed by atoms with E-state index in [1.54, 1.807) is 31.3 Å². The van der Waals surface area contributed by atoms with Gasteiger partial charge >= 0.3 is 6.03 Å². The first-order valence-electron chi connectivity index (χ1n) is 6.35. The van der Waals surface area contributed by atoms with Crippen molar-refractivity contribution in [2.75, 3.05) is 12.4 Å². The van der Waals surface area contributed by atoms with E-state index < -0.39 is 5.82 Å². The fourth-order valence-corrected chi connectivity index (χ4v) is 1.87. The zero-order valence-corrected chi connectivity index (χ0v) is 11.5. The molecule has 2 rings (SSSR count). The molecule has 0 spiro atoms. The van der Waals surface area contributed by atoms with Crippen LogP contribution in [0.5, 0.6) is 0 Å². The van der Waals surface area contributed by atoms with Gasteiger partial charge in [0.1, 0.15) is 5.82 Å². The largest absolute Gasteiger partial charge is 0.323 e. The highest BCUT2D eigenvalue weighted by atomic mass is 19.1. The van der Waals surface area contributed by atoms with Crippen LogP contribution in [0.3, 0.4) is 0 Å². The summed E-state index contributed by atoms with van der Waals surface area (Å²) >= 11 is 0. The summed E-state index contributed by atoms with van der Waals surface area (Å²) in [5, 5.41) is 11.5. The van der Waals surface area contributed by atoms with Crippen molar-refractivity contribution in [2.24, 2.45) is 0 Å². The van der Waals surface area contributed by atoms with Crippen molar-refractivity contribution < 1.29 is 9.18 Å². The number of benzene rings is 2. The Bertz CT molecular complexity index is 694. The Morgan fingerprint density at radius 1 is 1.29 bits per heavy atom. The average molecular weight is 283 g/mol. The van der Waals surface area contributed by atoms with Crippen molar-refractivity contribution in [1.82, 2.24) is 4.90 Å². The van der Waals surface area contributed by atoms with Gasteiger partial charge in [-0.25, -0.2) is 9.18 Å². The maximum atomic E-state index is 13.1. The molecule has 0 atom stereocenters. The number of nitriles is 1. The number of urea groups is 1. The fourth-order valence-electron chi connectivity index (χ4n) is 1.87. The number of carbonyl (C=O) groups excluding carboxylic acids is 1. The molecule has 0 aliphatic heterocycles. The quantitative estimate of drug-likeness (QED) is 0.939. The van der Waals surface area contributed by atoms with Gasteiger partial charge in [-0.05, 0) is 35.9 Å². The number of carbonyl (C=O) groups is 1. The Morgan fingerprint density at radius 2 is 2.05 bits per heavy atom. The van der Waals surface area contributed by atoms with Gasteiger partial charge in [0.2, 0.25) is 0 Å². The van der Waals surface area contributed by atoms with E-state index in [1.807, 2.05) is 6.07 Å². The lowest BCUT2D eigenvalue weighted by atomic mass is 10.1. The molecule has 21 heavy (non-hydrogen) atoms. The van der Waals surface area contributed by atoms with Gasteiger partial charge in [0.05, 0.1) is 11.6 Å². The van der Waals surface area contributed by atoms with Gasteiger partial charge in [-0.2, -0.15) is 5.26 Å². The summed E-state index contributed by atoms with van der Waals surface area (Å²) in [5.41, 5.74) is 1.80. The minimum Gasteiger partial charge on any atom is -0.323 e. The van der Waals surface area contributed by atoms with Crippen LogP contribution in [0.25, 0.3) is 0 Å². The predicted molar refractivity (Wildman–Crippen MR) is 78.0 cm³/mol. The maximum Gasteiger partial charge on any atom is 0.321 e. The molecule has 0 radical (unpaired) electrons. The van der Waals surface area contributed by atoms with Crippen LogP contribution in [0, 0.1) is 17.1 Å². The zero-order chi connectivity index (χ0) is 15.2. The molecule has 2 amide bonds. The summed E-state index contributed by atoms with van der Waals surface area (Å²) < 4.78 is 13.1. The minimum atomic E-state index is -0.405. The number of rotatable bonds is 3. The molecule has 1 N–H and O–H groups in total. The van der Waals surface area contributed by atoms with Crippen molar-refractivity contribution in [1.29, 1.82) is 5.26 Å². The molecule has 0 aliphatic carbocycles. The van der Waals surface area contributed by atoms with E-state index in [0.717, 1.165) is 5.56 Å². The van der Waals surface area contributed by atoms with Crippen molar-refractivity contribution >= 4 is 11.7 Å². The number of halogens is 1. The molecular formula is C16H14FN3O. The molecule has 0 heterocycles. The molecule has 0 saturated carbocycles. The molecule has 0 aromatic heterocycles. The third-order valence-electron chi connectivity index (χ3n) is 2.90. The molecule has 0 fully saturated rings. The molecule has 0 saturated heterocycles. The van der Waals surface area contributed by atoms with Gasteiger partial charge in [-0.15, -0.1) is 0 Å². The third-order valence-corrected chi connectivity index (χ3v) is 2.90. The molecule has 4 nitrogen and oxygen atoms in total. The Morgan fingerprint density at radius 3 is 2.76 bits per heavy atom. The molecule has 2 aromatic rings. The molecule has 2 aromatic carbocycles. The highest BCUT2D eigenvalue weighted by Crippen LogP contribution is 2.11. The van der Waals surface area contributed by atoms with Crippen LogP contribution in [-0.4, -0.2) is 18.0 Å². The second-order valence-corrected chi connectivity index (χ2v) is 4.61. The van der Waals surface area contributed by atoms with E-state index in [9.17, 15) is 9.18 Å². The Balaban J connectivity index is 2.01. The summed E-state index contributed by atoms with van der Waals surface area (Å²) in [6.45, 7) is 0.358. The van der Waals surface area contributed by atoms with E-state index in [2.05, 4.69) is 11.4 Å². The normalized spacial score (nSPS) is 9.76. The van der Waals surface area contributed by atoms with Crippen LogP contribution in [0.15, 0.2) is 48.5 Å². The van der Waals surface area contributed by atoms with Gasteiger partial charge in [-0.1, -0.05) is 18.2 Å². The van der Waals surface area contributed by atoms with Crippen molar-refractivity contribution in [3.8, 4) is 6.07 Å². The van der Waals surface area contributed by atoms with E-state index in [0.29, 0.717) is 17.8 Å². The summed E-state index contributed by atoms with van der Waals surface area (Å²) in [5.74, 6) is -0.405. The number of nitrogens with zero attached hydrogens (tertiary/aromatic N) is 2. The van der Waals surface area contributed by atoms with Crippen molar-refractivity contribution in [3.05, 3.63) is 65.5 Å². The highest BCUT2D eigenvalue weighted by molar-refractivity contribution is 5.89. The van der Waals surface area contributed by atoms with Crippen LogP contribution in [0.1, 0.15) is 11.1 Å². The van der Waals surface area contributed by atoms with Crippen LogP contribution < -0.4 is 5.32 Å². The molecule has 5 heteroatoms. The first-order chi connectivity index (χ1) is 10.1. The number of hydrogen-bond acceptors (Lipinski definition) is 2. The Kier molecular flexibility index (Phi) is 4.52. The second-order valence-electron chi connectivity index (χ2n) is 4.61. The topological polar surface area (TPSA) is 56.1 Å². The van der Waals surface area contributed by atoms with E-state index in [4.69, 9.17) is 5.26 Å². The Labute approximate surface area is 122 Å². The molecule has 106 valence electrons. The zero-order valence-electron chi connectivity index (χ0n) is 11.5. The van der Waals surface area contributed by atoms with Crippen LogP contribution in [0.4, 0.5) is 14.9 Å².